The number of benzene rings is 1. The Morgan fingerprint density at radius 1 is 1.57 bits per heavy atom. The zero-order valence-corrected chi connectivity index (χ0v) is 8.16. The average molecular weight is 212 g/mol. The third kappa shape index (κ3) is 2.87. The summed E-state index contributed by atoms with van der Waals surface area (Å²) in [4.78, 5) is 10.5. The number of rotatable bonds is 3. The van der Waals surface area contributed by atoms with Gasteiger partial charge < -0.3 is 10.8 Å². The molecule has 4 heteroatoms. The Labute approximate surface area is 86.8 Å². The second kappa shape index (κ2) is 4.79. The second-order valence-electron chi connectivity index (χ2n) is 2.75. The number of carbonyl (C=O) groups excluding carboxylic acids is 1. The highest BCUT2D eigenvalue weighted by Gasteiger charge is 1.98. The first kappa shape index (κ1) is 10.8. The molecule has 1 aromatic carbocycles. The van der Waals surface area contributed by atoms with E-state index >= 15 is 0 Å². The van der Waals surface area contributed by atoms with Gasteiger partial charge in [-0.15, -0.1) is 0 Å². The van der Waals surface area contributed by atoms with Crippen LogP contribution in [0.15, 0.2) is 24.3 Å². The first-order chi connectivity index (χ1) is 6.63. The minimum absolute atomic E-state index is 0.0609. The summed E-state index contributed by atoms with van der Waals surface area (Å²) in [5, 5.41) is 9.39. The minimum atomic E-state index is -0.532. The predicted octanol–water partition coefficient (Wildman–Crippen LogP) is 1.33. The topological polar surface area (TPSA) is 63.3 Å². The number of amides is 1. The Bertz CT molecular complexity index is 374. The van der Waals surface area contributed by atoms with E-state index in [4.69, 9.17) is 22.4 Å². The lowest BCUT2D eigenvalue weighted by Crippen LogP contribution is -2.05. The molecule has 0 heterocycles. The molecule has 0 saturated heterocycles. The van der Waals surface area contributed by atoms with Gasteiger partial charge in [0.2, 0.25) is 5.91 Å². The summed E-state index contributed by atoms with van der Waals surface area (Å²) >= 11 is 5.85. The van der Waals surface area contributed by atoms with Crippen LogP contribution in [0.25, 0.3) is 6.08 Å². The number of nitrogens with two attached hydrogens (primary N) is 1. The molecular formula is C10H10ClNO2. The molecule has 0 unspecified atom stereocenters. The molecule has 14 heavy (non-hydrogen) atoms. The SMILES string of the molecule is NC(=O)C=Cc1cc(CO)ccc1Cl. The molecule has 0 aliphatic rings. The van der Waals surface area contributed by atoms with Gasteiger partial charge in [0.1, 0.15) is 0 Å². The fourth-order valence-corrected chi connectivity index (χ4v) is 1.17. The van der Waals surface area contributed by atoms with E-state index in [1.54, 1.807) is 18.2 Å². The molecule has 74 valence electrons. The van der Waals surface area contributed by atoms with Gasteiger partial charge >= 0.3 is 0 Å². The Hall–Kier alpha value is -1.32. The highest BCUT2D eigenvalue weighted by molar-refractivity contribution is 6.32. The maximum Gasteiger partial charge on any atom is 0.241 e. The molecule has 0 atom stereocenters. The molecule has 0 aliphatic carbocycles. The molecule has 0 bridgehead atoms. The van der Waals surface area contributed by atoms with Crippen LogP contribution in [0.2, 0.25) is 5.02 Å². The third-order valence-corrected chi connectivity index (χ3v) is 2.01. The zero-order chi connectivity index (χ0) is 10.6. The molecule has 0 aliphatic heterocycles. The number of primary amides is 1. The fourth-order valence-electron chi connectivity index (χ4n) is 0.991. The Morgan fingerprint density at radius 2 is 2.29 bits per heavy atom. The van der Waals surface area contributed by atoms with Crippen LogP contribution in [0.3, 0.4) is 0 Å². The van der Waals surface area contributed by atoms with Crippen molar-refractivity contribution in [1.82, 2.24) is 0 Å². The predicted molar refractivity (Wildman–Crippen MR) is 55.6 cm³/mol. The van der Waals surface area contributed by atoms with E-state index in [1.807, 2.05) is 0 Å². The van der Waals surface area contributed by atoms with Crippen LogP contribution in [0.5, 0.6) is 0 Å². The van der Waals surface area contributed by atoms with Crippen LogP contribution in [0, 0.1) is 0 Å². The normalized spacial score (nSPS) is 10.7. The van der Waals surface area contributed by atoms with Crippen molar-refractivity contribution in [2.75, 3.05) is 0 Å². The van der Waals surface area contributed by atoms with Crippen LogP contribution in [-0.4, -0.2) is 11.0 Å². The van der Waals surface area contributed by atoms with Crippen LogP contribution in [0.1, 0.15) is 11.1 Å². The maximum atomic E-state index is 10.5. The molecule has 0 fully saturated rings. The summed E-state index contributed by atoms with van der Waals surface area (Å²) in [5.41, 5.74) is 6.34. The van der Waals surface area contributed by atoms with Gasteiger partial charge in [0.15, 0.2) is 0 Å². The van der Waals surface area contributed by atoms with E-state index in [9.17, 15) is 4.79 Å². The molecular weight excluding hydrogens is 202 g/mol. The third-order valence-electron chi connectivity index (χ3n) is 1.67. The van der Waals surface area contributed by atoms with Crippen LogP contribution in [-0.2, 0) is 11.4 Å². The lowest BCUT2D eigenvalue weighted by molar-refractivity contribution is -0.113. The highest BCUT2D eigenvalue weighted by atomic mass is 35.5. The molecule has 3 nitrogen and oxygen atoms in total. The Kier molecular flexibility index (Phi) is 3.68. The van der Waals surface area contributed by atoms with Crippen molar-refractivity contribution in [3.8, 4) is 0 Å². The molecule has 1 amide bonds. The van der Waals surface area contributed by atoms with Gasteiger partial charge in [0.25, 0.3) is 0 Å². The van der Waals surface area contributed by atoms with Crippen molar-refractivity contribution in [3.63, 3.8) is 0 Å². The summed E-state index contributed by atoms with van der Waals surface area (Å²) in [6.07, 6.45) is 2.74. The van der Waals surface area contributed by atoms with Gasteiger partial charge in [-0.1, -0.05) is 17.7 Å². The van der Waals surface area contributed by atoms with E-state index in [2.05, 4.69) is 0 Å². The standard InChI is InChI=1S/C10H10ClNO2/c11-9-3-1-7(6-13)5-8(9)2-4-10(12)14/h1-5,13H,6H2,(H2,12,14). The minimum Gasteiger partial charge on any atom is -0.392 e. The molecule has 1 rings (SSSR count). The second-order valence-corrected chi connectivity index (χ2v) is 3.16. The molecule has 1 aromatic rings. The summed E-state index contributed by atoms with van der Waals surface area (Å²) in [5.74, 6) is -0.532. The lowest BCUT2D eigenvalue weighted by Gasteiger charge is -2.00. The van der Waals surface area contributed by atoms with Crippen LogP contribution >= 0.6 is 11.6 Å². The van der Waals surface area contributed by atoms with Gasteiger partial charge in [-0.2, -0.15) is 0 Å². The van der Waals surface area contributed by atoms with Crippen LogP contribution < -0.4 is 5.73 Å². The number of aliphatic hydroxyl groups is 1. The van der Waals surface area contributed by atoms with Gasteiger partial charge in [-0.3, -0.25) is 4.79 Å². The first-order valence-corrected chi connectivity index (χ1v) is 4.38. The quantitative estimate of drug-likeness (QED) is 0.741. The number of hydrogen-bond donors (Lipinski definition) is 2. The average Bonchev–Trinajstić information content (AvgIpc) is 2.16. The van der Waals surface area contributed by atoms with Gasteiger partial charge in [0, 0.05) is 11.1 Å². The Balaban J connectivity index is 3.00. The number of halogens is 1. The summed E-state index contributed by atoms with van der Waals surface area (Å²) in [6.45, 7) is -0.0609. The van der Waals surface area contributed by atoms with E-state index in [0.717, 1.165) is 5.56 Å². The molecule has 0 aromatic heterocycles. The van der Waals surface area contributed by atoms with Crippen molar-refractivity contribution in [3.05, 3.63) is 40.4 Å². The largest absolute Gasteiger partial charge is 0.392 e. The fraction of sp³-hybridized carbons (Fsp3) is 0.100. The van der Waals surface area contributed by atoms with Gasteiger partial charge in [-0.25, -0.2) is 0 Å². The summed E-state index contributed by atoms with van der Waals surface area (Å²) in [6, 6.07) is 5.07. The van der Waals surface area contributed by atoms with Gasteiger partial charge in [-0.05, 0) is 29.3 Å². The van der Waals surface area contributed by atoms with Crippen molar-refractivity contribution in [1.29, 1.82) is 0 Å². The van der Waals surface area contributed by atoms with Crippen molar-refractivity contribution in [2.24, 2.45) is 5.73 Å². The van der Waals surface area contributed by atoms with Crippen molar-refractivity contribution >= 4 is 23.6 Å². The number of carbonyl (C=O) groups is 1. The summed E-state index contributed by atoms with van der Waals surface area (Å²) < 4.78 is 0. The first-order valence-electron chi connectivity index (χ1n) is 4.00. The Morgan fingerprint density at radius 3 is 2.86 bits per heavy atom. The van der Waals surface area contributed by atoms with E-state index < -0.39 is 5.91 Å². The van der Waals surface area contributed by atoms with Crippen molar-refractivity contribution in [2.45, 2.75) is 6.61 Å². The molecule has 0 saturated carbocycles. The van der Waals surface area contributed by atoms with E-state index in [0.29, 0.717) is 10.6 Å². The number of hydrogen-bond acceptors (Lipinski definition) is 2. The zero-order valence-electron chi connectivity index (χ0n) is 7.40. The molecule has 3 N–H and O–H groups in total. The highest BCUT2D eigenvalue weighted by Crippen LogP contribution is 2.18. The smallest absolute Gasteiger partial charge is 0.241 e. The van der Waals surface area contributed by atoms with Crippen LogP contribution in [0.4, 0.5) is 0 Å². The summed E-state index contributed by atoms with van der Waals surface area (Å²) in [7, 11) is 0. The van der Waals surface area contributed by atoms with Gasteiger partial charge in [0.05, 0.1) is 6.61 Å². The number of aliphatic hydroxyl groups excluding tert-OH is 1. The van der Waals surface area contributed by atoms with E-state index in [1.165, 1.54) is 12.2 Å². The van der Waals surface area contributed by atoms with Crippen molar-refractivity contribution < 1.29 is 9.90 Å². The van der Waals surface area contributed by atoms with E-state index in [-0.39, 0.29) is 6.61 Å². The monoisotopic (exact) mass is 211 g/mol. The lowest BCUT2D eigenvalue weighted by atomic mass is 10.1. The maximum absolute atomic E-state index is 10.5. The molecule has 0 spiro atoms. The molecule has 0 radical (unpaired) electrons.